The highest BCUT2D eigenvalue weighted by Crippen LogP contribution is 2.31. The van der Waals surface area contributed by atoms with Crippen molar-refractivity contribution in [3.8, 4) is 5.75 Å². The van der Waals surface area contributed by atoms with Gasteiger partial charge in [-0.1, -0.05) is 50.6 Å². The number of hydrogen-bond acceptors (Lipinski definition) is 6. The Balaban J connectivity index is 1.78. The predicted octanol–water partition coefficient (Wildman–Crippen LogP) is 5.21. The number of benzene rings is 2. The Hall–Kier alpha value is -3.52. The molecule has 2 aromatic carbocycles. The van der Waals surface area contributed by atoms with E-state index in [4.69, 9.17) is 4.74 Å². The number of ether oxygens (including phenoxy) is 1. The van der Waals surface area contributed by atoms with E-state index in [1.807, 2.05) is 47.1 Å². The number of fused-ring (bicyclic) bond motifs is 1. The third kappa shape index (κ3) is 5.49. The molecule has 0 aliphatic heterocycles. The minimum Gasteiger partial charge on any atom is -0.497 e. The number of aromatic amines is 1. The van der Waals surface area contributed by atoms with Crippen LogP contribution in [0.2, 0.25) is 0 Å². The number of H-pyrrole nitrogens is 1. The highest BCUT2D eigenvalue weighted by Gasteiger charge is 2.31. The van der Waals surface area contributed by atoms with Gasteiger partial charge in [-0.3, -0.25) is 9.69 Å². The van der Waals surface area contributed by atoms with E-state index < -0.39 is 0 Å². The number of methoxy groups -OCH3 is 1. The SMILES string of the molecule is CCC[C@@H](c1nnnn1C(C)(C)CC)N(Cc1ccccc1)Cc1cc2ccc(OC)cc2[nH]c1=O. The molecule has 2 aromatic heterocycles. The summed E-state index contributed by atoms with van der Waals surface area (Å²) in [5.74, 6) is 1.55. The molecule has 8 nitrogen and oxygen atoms in total. The molecule has 0 saturated heterocycles. The van der Waals surface area contributed by atoms with Crippen molar-refractivity contribution in [3.63, 3.8) is 0 Å². The molecule has 190 valence electrons. The minimum atomic E-state index is -0.220. The first-order valence-corrected chi connectivity index (χ1v) is 12.6. The molecule has 0 unspecified atom stereocenters. The second-order valence-electron chi connectivity index (χ2n) is 9.89. The average molecular weight is 489 g/mol. The van der Waals surface area contributed by atoms with Gasteiger partial charge in [0, 0.05) is 24.7 Å². The lowest BCUT2D eigenvalue weighted by Crippen LogP contribution is -2.36. The van der Waals surface area contributed by atoms with E-state index in [1.165, 1.54) is 5.56 Å². The molecule has 8 heteroatoms. The quantitative estimate of drug-likeness (QED) is 0.312. The smallest absolute Gasteiger partial charge is 0.252 e. The lowest BCUT2D eigenvalue weighted by molar-refractivity contribution is 0.145. The Morgan fingerprint density at radius 2 is 1.86 bits per heavy atom. The normalized spacial score (nSPS) is 12.8. The van der Waals surface area contributed by atoms with Gasteiger partial charge >= 0.3 is 0 Å². The molecule has 0 radical (unpaired) electrons. The van der Waals surface area contributed by atoms with Crippen LogP contribution >= 0.6 is 0 Å². The summed E-state index contributed by atoms with van der Waals surface area (Å²) in [5.41, 5.74) is 2.32. The van der Waals surface area contributed by atoms with Crippen molar-refractivity contribution in [1.82, 2.24) is 30.1 Å². The van der Waals surface area contributed by atoms with Gasteiger partial charge in [-0.25, -0.2) is 4.68 Å². The molecule has 0 saturated carbocycles. The van der Waals surface area contributed by atoms with Crippen LogP contribution in [0.4, 0.5) is 0 Å². The minimum absolute atomic E-state index is 0.0537. The summed E-state index contributed by atoms with van der Waals surface area (Å²) >= 11 is 0. The average Bonchev–Trinajstić information content (AvgIpc) is 3.38. The van der Waals surface area contributed by atoms with Gasteiger partial charge in [0.25, 0.3) is 5.56 Å². The van der Waals surface area contributed by atoms with Gasteiger partial charge in [-0.2, -0.15) is 0 Å². The van der Waals surface area contributed by atoms with Crippen LogP contribution in [0.15, 0.2) is 59.4 Å². The molecule has 4 aromatic rings. The largest absolute Gasteiger partial charge is 0.497 e. The molecule has 0 amide bonds. The molecule has 2 heterocycles. The zero-order valence-corrected chi connectivity index (χ0v) is 21.9. The Kier molecular flexibility index (Phi) is 7.84. The predicted molar refractivity (Wildman–Crippen MR) is 142 cm³/mol. The molecule has 0 aliphatic carbocycles. The Morgan fingerprint density at radius 1 is 1.08 bits per heavy atom. The zero-order chi connectivity index (χ0) is 25.7. The zero-order valence-electron chi connectivity index (χ0n) is 21.9. The van der Waals surface area contributed by atoms with Crippen molar-refractivity contribution in [3.05, 3.63) is 81.9 Å². The van der Waals surface area contributed by atoms with Crippen LogP contribution in [-0.4, -0.2) is 37.2 Å². The van der Waals surface area contributed by atoms with Crippen molar-refractivity contribution in [2.24, 2.45) is 0 Å². The van der Waals surface area contributed by atoms with Gasteiger partial charge in [0.2, 0.25) is 0 Å². The lowest BCUT2D eigenvalue weighted by Gasteiger charge is -2.33. The van der Waals surface area contributed by atoms with Crippen LogP contribution in [0.25, 0.3) is 10.9 Å². The van der Waals surface area contributed by atoms with Gasteiger partial charge < -0.3 is 9.72 Å². The first kappa shape index (κ1) is 25.6. The first-order chi connectivity index (χ1) is 17.4. The number of rotatable bonds is 11. The van der Waals surface area contributed by atoms with Crippen LogP contribution in [-0.2, 0) is 18.6 Å². The van der Waals surface area contributed by atoms with Crippen molar-refractivity contribution >= 4 is 10.9 Å². The van der Waals surface area contributed by atoms with E-state index in [1.54, 1.807) is 7.11 Å². The second kappa shape index (κ2) is 11.0. The van der Waals surface area contributed by atoms with Crippen LogP contribution in [0.3, 0.4) is 0 Å². The summed E-state index contributed by atoms with van der Waals surface area (Å²) in [6, 6.07) is 18.0. The first-order valence-electron chi connectivity index (χ1n) is 12.6. The number of hydrogen-bond donors (Lipinski definition) is 1. The van der Waals surface area contributed by atoms with Crippen molar-refractivity contribution in [2.75, 3.05) is 7.11 Å². The van der Waals surface area contributed by atoms with E-state index in [2.05, 4.69) is 65.2 Å². The van der Waals surface area contributed by atoms with E-state index >= 15 is 0 Å². The fourth-order valence-electron chi connectivity index (χ4n) is 4.51. The highest BCUT2D eigenvalue weighted by molar-refractivity contribution is 5.80. The van der Waals surface area contributed by atoms with Crippen molar-refractivity contribution < 1.29 is 4.74 Å². The molecule has 0 aliphatic rings. The lowest BCUT2D eigenvalue weighted by atomic mass is 10.00. The maximum atomic E-state index is 13.2. The van der Waals surface area contributed by atoms with Crippen molar-refractivity contribution in [2.45, 2.75) is 71.6 Å². The molecular weight excluding hydrogens is 452 g/mol. The summed E-state index contributed by atoms with van der Waals surface area (Å²) in [6.45, 7) is 9.76. The summed E-state index contributed by atoms with van der Waals surface area (Å²) < 4.78 is 7.28. The van der Waals surface area contributed by atoms with Crippen molar-refractivity contribution in [1.29, 1.82) is 0 Å². The standard InChI is InChI=1S/C28H36N6O2/c1-6-11-25(26-30-31-32-34(26)28(3,4)7-2)33(18-20-12-9-8-10-13-20)19-22-16-21-14-15-23(36-5)17-24(21)29-27(22)35/h8-10,12-17,25H,6-7,11,18-19H2,1-5H3,(H,29,35)/t25-/m0/s1. The molecule has 1 atom stereocenters. The summed E-state index contributed by atoms with van der Waals surface area (Å²) in [4.78, 5) is 18.6. The second-order valence-corrected chi connectivity index (χ2v) is 9.89. The third-order valence-electron chi connectivity index (χ3n) is 6.97. The maximum Gasteiger partial charge on any atom is 0.252 e. The Bertz CT molecular complexity index is 1350. The summed E-state index contributed by atoms with van der Waals surface area (Å²) in [6.07, 6.45) is 2.73. The third-order valence-corrected chi connectivity index (χ3v) is 6.97. The highest BCUT2D eigenvalue weighted by atomic mass is 16.5. The number of tetrazole rings is 1. The van der Waals surface area contributed by atoms with Gasteiger partial charge in [0.05, 0.1) is 24.2 Å². The number of nitrogens with one attached hydrogen (secondary N) is 1. The molecule has 36 heavy (non-hydrogen) atoms. The van der Waals surface area contributed by atoms with E-state index in [-0.39, 0.29) is 17.1 Å². The van der Waals surface area contributed by atoms with Crippen LogP contribution in [0, 0.1) is 0 Å². The Morgan fingerprint density at radius 3 is 2.56 bits per heavy atom. The molecule has 1 N–H and O–H groups in total. The van der Waals surface area contributed by atoms with E-state index in [9.17, 15) is 4.79 Å². The number of aromatic nitrogens is 5. The van der Waals surface area contributed by atoms with Gasteiger partial charge in [-0.05, 0) is 66.3 Å². The van der Waals surface area contributed by atoms with Crippen LogP contribution in [0.5, 0.6) is 5.75 Å². The van der Waals surface area contributed by atoms with Crippen LogP contribution < -0.4 is 10.3 Å². The van der Waals surface area contributed by atoms with Gasteiger partial charge in [0.1, 0.15) is 5.75 Å². The van der Waals surface area contributed by atoms with Gasteiger partial charge in [0.15, 0.2) is 5.82 Å². The Labute approximate surface area is 212 Å². The fourth-order valence-corrected chi connectivity index (χ4v) is 4.51. The van der Waals surface area contributed by atoms with Gasteiger partial charge in [-0.15, -0.1) is 5.10 Å². The van der Waals surface area contributed by atoms with E-state index in [0.717, 1.165) is 36.0 Å². The molecule has 0 spiro atoms. The molecular formula is C28H36N6O2. The molecule has 0 fully saturated rings. The number of nitrogens with zero attached hydrogens (tertiary/aromatic N) is 5. The summed E-state index contributed by atoms with van der Waals surface area (Å²) in [5, 5.41) is 13.9. The number of pyridine rings is 1. The van der Waals surface area contributed by atoms with E-state index in [0.29, 0.717) is 24.4 Å². The maximum absolute atomic E-state index is 13.2. The summed E-state index contributed by atoms with van der Waals surface area (Å²) in [7, 11) is 1.62. The molecule has 4 rings (SSSR count). The monoisotopic (exact) mass is 488 g/mol. The topological polar surface area (TPSA) is 88.9 Å². The molecule has 0 bridgehead atoms. The fraction of sp³-hybridized carbons (Fsp3) is 0.429. The van der Waals surface area contributed by atoms with Crippen LogP contribution in [0.1, 0.15) is 70.0 Å².